The van der Waals surface area contributed by atoms with Crippen molar-refractivity contribution in [1.82, 2.24) is 9.80 Å². The summed E-state index contributed by atoms with van der Waals surface area (Å²) in [5.74, 6) is -0.539. The van der Waals surface area contributed by atoms with E-state index in [4.69, 9.17) is 4.74 Å². The molecular weight excluding hydrogens is 374 g/mol. The molecule has 1 aliphatic rings. The van der Waals surface area contributed by atoms with E-state index in [1.165, 1.54) is 24.3 Å². The third-order valence-corrected chi connectivity index (χ3v) is 5.23. The molecule has 1 unspecified atom stereocenters. The van der Waals surface area contributed by atoms with Gasteiger partial charge in [-0.05, 0) is 49.2 Å². The van der Waals surface area contributed by atoms with Gasteiger partial charge in [0.05, 0.1) is 24.9 Å². The molecule has 4 nitrogen and oxygen atoms in total. The van der Waals surface area contributed by atoms with Crippen LogP contribution in [0, 0.1) is 11.6 Å². The van der Waals surface area contributed by atoms with Crippen molar-refractivity contribution in [3.8, 4) is 0 Å². The molecule has 1 fully saturated rings. The molecule has 0 radical (unpaired) electrons. The normalized spacial score (nSPS) is 17.2. The van der Waals surface area contributed by atoms with Crippen LogP contribution in [-0.4, -0.2) is 66.4 Å². The molecule has 3 rings (SSSR count). The molecule has 0 aromatic heterocycles. The average molecular weight is 405 g/mol. The van der Waals surface area contributed by atoms with Crippen LogP contribution in [0.25, 0.3) is 0 Å². The van der Waals surface area contributed by atoms with Crippen molar-refractivity contribution in [3.63, 3.8) is 0 Å². The summed E-state index contributed by atoms with van der Waals surface area (Å²) < 4.78 is 32.3. The Morgan fingerprint density at radius 3 is 1.79 bits per heavy atom. The molecule has 2 aromatic rings. The first-order valence-electron chi connectivity index (χ1n) is 10.2. The third kappa shape index (κ3) is 6.31. The van der Waals surface area contributed by atoms with Crippen molar-refractivity contribution < 1.29 is 18.6 Å². The number of halogens is 2. The Kier molecular flexibility index (Phi) is 7.72. The van der Waals surface area contributed by atoms with E-state index in [1.54, 1.807) is 24.3 Å². The second kappa shape index (κ2) is 10.3. The summed E-state index contributed by atoms with van der Waals surface area (Å²) in [6.45, 7) is 8.07. The summed E-state index contributed by atoms with van der Waals surface area (Å²) in [5, 5.41) is 10.2. The van der Waals surface area contributed by atoms with Crippen molar-refractivity contribution in [2.24, 2.45) is 0 Å². The van der Waals surface area contributed by atoms with Crippen LogP contribution < -0.4 is 0 Å². The van der Waals surface area contributed by atoms with Gasteiger partial charge in [-0.3, -0.25) is 9.80 Å². The number of rotatable bonds is 8. The summed E-state index contributed by atoms with van der Waals surface area (Å²) in [7, 11) is 0. The van der Waals surface area contributed by atoms with Gasteiger partial charge in [0.1, 0.15) is 11.6 Å². The first-order valence-corrected chi connectivity index (χ1v) is 10.2. The van der Waals surface area contributed by atoms with Crippen LogP contribution in [0.2, 0.25) is 0 Å². The van der Waals surface area contributed by atoms with Crippen LogP contribution in [0.1, 0.15) is 31.0 Å². The fourth-order valence-electron chi connectivity index (χ4n) is 3.76. The molecule has 0 aliphatic carbocycles. The lowest BCUT2D eigenvalue weighted by Crippen LogP contribution is -2.50. The van der Waals surface area contributed by atoms with Crippen LogP contribution in [0.4, 0.5) is 8.78 Å². The Morgan fingerprint density at radius 1 is 0.862 bits per heavy atom. The zero-order valence-electron chi connectivity index (χ0n) is 17.1. The lowest BCUT2D eigenvalue weighted by Gasteiger charge is -2.40. The molecule has 1 aliphatic heterocycles. The number of aliphatic hydroxyl groups excluding tert-OH is 1. The zero-order valence-corrected chi connectivity index (χ0v) is 17.1. The number of piperazine rings is 1. The highest BCUT2D eigenvalue weighted by atomic mass is 19.1. The predicted molar refractivity (Wildman–Crippen MR) is 110 cm³/mol. The van der Waals surface area contributed by atoms with E-state index in [9.17, 15) is 13.9 Å². The van der Waals surface area contributed by atoms with Crippen LogP contribution in [-0.2, 0) is 4.74 Å². The average Bonchev–Trinajstić information content (AvgIpc) is 2.71. The smallest absolute Gasteiger partial charge is 0.123 e. The van der Waals surface area contributed by atoms with Gasteiger partial charge in [-0.2, -0.15) is 0 Å². The molecule has 1 saturated heterocycles. The monoisotopic (exact) mass is 404 g/mol. The van der Waals surface area contributed by atoms with Crippen molar-refractivity contribution >= 4 is 0 Å². The summed E-state index contributed by atoms with van der Waals surface area (Å²) in [4.78, 5) is 4.56. The molecule has 158 valence electrons. The number of ether oxygens (including phenoxy) is 1. The maximum Gasteiger partial charge on any atom is 0.123 e. The Bertz CT molecular complexity index is 699. The second-order valence-electron chi connectivity index (χ2n) is 7.88. The number of benzene rings is 2. The molecule has 0 bridgehead atoms. The highest BCUT2D eigenvalue weighted by molar-refractivity contribution is 5.32. The summed E-state index contributed by atoms with van der Waals surface area (Å²) in [6.07, 6.45) is -0.400. The minimum Gasteiger partial charge on any atom is -0.389 e. The van der Waals surface area contributed by atoms with Gasteiger partial charge in [0.2, 0.25) is 0 Å². The van der Waals surface area contributed by atoms with Crippen molar-refractivity contribution in [2.45, 2.75) is 32.1 Å². The van der Waals surface area contributed by atoms with Gasteiger partial charge in [-0.1, -0.05) is 24.3 Å². The number of β-amino-alcohol motifs (C(OH)–C–C–N with tert-alkyl or cyclic N) is 1. The van der Waals surface area contributed by atoms with Gasteiger partial charge in [0.25, 0.3) is 0 Å². The fraction of sp³-hybridized carbons (Fsp3) is 0.478. The van der Waals surface area contributed by atoms with Crippen molar-refractivity contribution in [2.75, 3.05) is 39.3 Å². The van der Waals surface area contributed by atoms with E-state index in [1.807, 2.05) is 13.8 Å². The highest BCUT2D eigenvalue weighted by Crippen LogP contribution is 2.30. The summed E-state index contributed by atoms with van der Waals surface area (Å²) in [5.41, 5.74) is 1.97. The van der Waals surface area contributed by atoms with E-state index in [2.05, 4.69) is 9.80 Å². The predicted octanol–water partition coefficient (Wildman–Crippen LogP) is 3.46. The highest BCUT2D eigenvalue weighted by Gasteiger charge is 2.27. The van der Waals surface area contributed by atoms with Crippen molar-refractivity contribution in [3.05, 3.63) is 71.3 Å². The van der Waals surface area contributed by atoms with Crippen molar-refractivity contribution in [1.29, 1.82) is 0 Å². The molecule has 0 saturated carbocycles. The van der Waals surface area contributed by atoms with E-state index < -0.39 is 6.10 Å². The summed E-state index contributed by atoms with van der Waals surface area (Å²) in [6, 6.07) is 13.0. The third-order valence-electron chi connectivity index (χ3n) is 5.23. The first kappa shape index (κ1) is 21.8. The van der Waals surface area contributed by atoms with E-state index >= 15 is 0 Å². The van der Waals surface area contributed by atoms with Crippen LogP contribution in [0.3, 0.4) is 0 Å². The topological polar surface area (TPSA) is 35.9 Å². The largest absolute Gasteiger partial charge is 0.389 e. The van der Waals surface area contributed by atoms with Crippen LogP contribution in [0.15, 0.2) is 48.5 Å². The first-order chi connectivity index (χ1) is 13.9. The molecule has 1 heterocycles. The molecule has 6 heteroatoms. The minimum atomic E-state index is -0.506. The second-order valence-corrected chi connectivity index (χ2v) is 7.88. The Balaban J connectivity index is 1.67. The number of hydrogen-bond donors (Lipinski definition) is 1. The molecule has 2 aromatic carbocycles. The lowest BCUT2D eigenvalue weighted by atomic mass is 9.96. The molecule has 1 atom stereocenters. The number of aliphatic hydroxyl groups is 1. The van der Waals surface area contributed by atoms with Gasteiger partial charge < -0.3 is 9.84 Å². The van der Waals surface area contributed by atoms with Gasteiger partial charge in [0, 0.05) is 32.7 Å². The maximum atomic E-state index is 13.4. The van der Waals surface area contributed by atoms with E-state index in [0.717, 1.165) is 37.3 Å². The molecule has 1 N–H and O–H groups in total. The molecule has 0 amide bonds. The number of hydrogen-bond acceptors (Lipinski definition) is 4. The van der Waals surface area contributed by atoms with E-state index in [0.29, 0.717) is 13.2 Å². The van der Waals surface area contributed by atoms with Gasteiger partial charge in [-0.25, -0.2) is 8.78 Å². The Hall–Kier alpha value is -1.86. The Morgan fingerprint density at radius 2 is 1.34 bits per heavy atom. The SMILES string of the molecule is CC(C)OCC(O)CN1CCN(C(c2ccc(F)cc2)c2ccc(F)cc2)CC1. The quantitative estimate of drug-likeness (QED) is 0.731. The number of nitrogens with zero attached hydrogens (tertiary/aromatic N) is 2. The minimum absolute atomic E-state index is 0.0625. The molecule has 29 heavy (non-hydrogen) atoms. The van der Waals surface area contributed by atoms with Gasteiger partial charge in [0.15, 0.2) is 0 Å². The van der Waals surface area contributed by atoms with Gasteiger partial charge >= 0.3 is 0 Å². The summed E-state index contributed by atoms with van der Waals surface area (Å²) >= 11 is 0. The molecule has 0 spiro atoms. The fourth-order valence-corrected chi connectivity index (χ4v) is 3.76. The van der Waals surface area contributed by atoms with Crippen LogP contribution in [0.5, 0.6) is 0 Å². The van der Waals surface area contributed by atoms with E-state index in [-0.39, 0.29) is 23.8 Å². The zero-order chi connectivity index (χ0) is 20.8. The molecular formula is C23H30F2N2O2. The van der Waals surface area contributed by atoms with Crippen LogP contribution >= 0.6 is 0 Å². The Labute approximate surface area is 171 Å². The maximum absolute atomic E-state index is 13.4. The standard InChI is InChI=1S/C23H30F2N2O2/c1-17(2)29-16-22(28)15-26-11-13-27(14-12-26)23(18-3-7-20(24)8-4-18)19-5-9-21(25)10-6-19/h3-10,17,22-23,28H,11-16H2,1-2H3. The van der Waals surface area contributed by atoms with Gasteiger partial charge in [-0.15, -0.1) is 0 Å². The lowest BCUT2D eigenvalue weighted by molar-refractivity contribution is -0.0159.